The van der Waals surface area contributed by atoms with Crippen molar-refractivity contribution < 1.29 is 29.1 Å². The standard InChI is InChI=1S/C26H27N5O6S/c1-14-8-7-11-16(12-14)21(33)30-27-13-17(32)28-18(15-9-5-4-6-10-15)22(34)29-19-23(35)31-20(25(36)37)26(2,3)38-24(19)31/h4-13,18-20,24H,1-3H3,(H,28,32)(H,29,34)(H,30,33)(H,36,37)/b27-13+/t18?,19?,20-,24+/m0/s1. The number of benzene rings is 2. The van der Waals surface area contributed by atoms with Gasteiger partial charge in [0.25, 0.3) is 11.8 Å². The van der Waals surface area contributed by atoms with Gasteiger partial charge in [0, 0.05) is 10.3 Å². The van der Waals surface area contributed by atoms with Crippen LogP contribution in [0.5, 0.6) is 0 Å². The van der Waals surface area contributed by atoms with E-state index >= 15 is 0 Å². The number of carbonyl (C=O) groups is 5. The molecule has 2 saturated heterocycles. The third-order valence-corrected chi connectivity index (χ3v) is 7.85. The lowest BCUT2D eigenvalue weighted by Crippen LogP contribution is -2.71. The van der Waals surface area contributed by atoms with Gasteiger partial charge in [0.05, 0.1) is 0 Å². The molecule has 198 valence electrons. The highest BCUT2D eigenvalue weighted by Crippen LogP contribution is 2.50. The number of nitrogens with zero attached hydrogens (tertiary/aromatic N) is 2. The number of hydrogen-bond donors (Lipinski definition) is 4. The molecule has 0 radical (unpaired) electrons. The molecule has 4 atom stereocenters. The third kappa shape index (κ3) is 5.40. The number of fused-ring (bicyclic) bond motifs is 1. The minimum Gasteiger partial charge on any atom is -0.480 e. The molecular weight excluding hydrogens is 510 g/mol. The van der Waals surface area contributed by atoms with Gasteiger partial charge in [-0.3, -0.25) is 19.2 Å². The van der Waals surface area contributed by atoms with Gasteiger partial charge < -0.3 is 20.6 Å². The Morgan fingerprint density at radius 3 is 2.47 bits per heavy atom. The van der Waals surface area contributed by atoms with Crippen LogP contribution >= 0.6 is 11.8 Å². The second-order valence-corrected chi connectivity index (χ2v) is 11.3. The van der Waals surface area contributed by atoms with Gasteiger partial charge in [0.15, 0.2) is 0 Å². The van der Waals surface area contributed by atoms with Crippen molar-refractivity contribution in [2.45, 2.75) is 49.0 Å². The summed E-state index contributed by atoms with van der Waals surface area (Å²) < 4.78 is -0.738. The highest BCUT2D eigenvalue weighted by atomic mass is 32.2. The minimum atomic E-state index is -1.17. The number of carboxylic acids is 1. The molecule has 4 rings (SSSR count). The molecule has 2 heterocycles. The first-order valence-electron chi connectivity index (χ1n) is 11.8. The van der Waals surface area contributed by atoms with E-state index in [-0.39, 0.29) is 0 Å². The molecule has 0 aromatic heterocycles. The van der Waals surface area contributed by atoms with Gasteiger partial charge >= 0.3 is 5.97 Å². The highest BCUT2D eigenvalue weighted by molar-refractivity contribution is 8.01. The van der Waals surface area contributed by atoms with Crippen LogP contribution in [0.15, 0.2) is 59.7 Å². The van der Waals surface area contributed by atoms with E-state index in [0.717, 1.165) is 11.8 Å². The molecule has 2 aromatic carbocycles. The number of aryl methyl sites for hydroxylation is 1. The first-order chi connectivity index (χ1) is 18.0. The Bertz CT molecular complexity index is 1310. The summed E-state index contributed by atoms with van der Waals surface area (Å²) in [6.45, 7) is 5.32. The number of rotatable bonds is 8. The van der Waals surface area contributed by atoms with Crippen LogP contribution < -0.4 is 16.1 Å². The largest absolute Gasteiger partial charge is 0.480 e. The molecule has 11 nitrogen and oxygen atoms in total. The van der Waals surface area contributed by atoms with Crippen molar-refractivity contribution in [3.8, 4) is 0 Å². The normalized spacial score (nSPS) is 22.2. The number of aliphatic carboxylic acids is 1. The fourth-order valence-corrected chi connectivity index (χ4v) is 6.13. The van der Waals surface area contributed by atoms with Crippen LogP contribution in [0.3, 0.4) is 0 Å². The van der Waals surface area contributed by atoms with Crippen molar-refractivity contribution in [1.29, 1.82) is 0 Å². The van der Waals surface area contributed by atoms with E-state index in [1.54, 1.807) is 62.4 Å². The number of hydrogen-bond acceptors (Lipinski definition) is 7. The smallest absolute Gasteiger partial charge is 0.327 e. The van der Waals surface area contributed by atoms with E-state index in [9.17, 15) is 29.1 Å². The number of β-lactam (4-membered cyclic amide) rings is 1. The van der Waals surface area contributed by atoms with Crippen LogP contribution in [0, 0.1) is 6.92 Å². The fourth-order valence-electron chi connectivity index (χ4n) is 4.51. The van der Waals surface area contributed by atoms with Crippen molar-refractivity contribution in [3.63, 3.8) is 0 Å². The van der Waals surface area contributed by atoms with Crippen LogP contribution in [0.1, 0.15) is 41.4 Å². The first-order valence-corrected chi connectivity index (χ1v) is 12.7. The maximum atomic E-state index is 13.3. The predicted octanol–water partition coefficient (Wildman–Crippen LogP) is 1.20. The lowest BCUT2D eigenvalue weighted by atomic mass is 9.95. The predicted molar refractivity (Wildman–Crippen MR) is 140 cm³/mol. The Kier molecular flexibility index (Phi) is 7.53. The summed E-state index contributed by atoms with van der Waals surface area (Å²) >= 11 is 1.30. The Balaban J connectivity index is 1.43. The summed E-state index contributed by atoms with van der Waals surface area (Å²) in [5.74, 6) is -3.49. The molecule has 2 aliphatic rings. The van der Waals surface area contributed by atoms with Crippen LogP contribution in [0.2, 0.25) is 0 Å². The highest BCUT2D eigenvalue weighted by Gasteiger charge is 2.64. The summed E-state index contributed by atoms with van der Waals surface area (Å²) in [4.78, 5) is 63.9. The molecule has 2 unspecified atom stereocenters. The number of nitrogens with one attached hydrogen (secondary N) is 3. The quantitative estimate of drug-likeness (QED) is 0.224. The average Bonchev–Trinajstić information content (AvgIpc) is 3.14. The van der Waals surface area contributed by atoms with E-state index in [4.69, 9.17) is 0 Å². The van der Waals surface area contributed by atoms with E-state index in [1.165, 1.54) is 16.7 Å². The summed E-state index contributed by atoms with van der Waals surface area (Å²) in [7, 11) is 0. The molecule has 2 aliphatic heterocycles. The lowest BCUT2D eigenvalue weighted by molar-refractivity contribution is -0.161. The molecule has 4 amide bonds. The van der Waals surface area contributed by atoms with Crippen LogP contribution in [-0.2, 0) is 19.2 Å². The van der Waals surface area contributed by atoms with Crippen LogP contribution in [0.25, 0.3) is 0 Å². The van der Waals surface area contributed by atoms with Crippen molar-refractivity contribution in [3.05, 3.63) is 71.3 Å². The summed E-state index contributed by atoms with van der Waals surface area (Å²) in [5.41, 5.74) is 4.00. The van der Waals surface area contributed by atoms with Gasteiger partial charge in [-0.25, -0.2) is 10.2 Å². The van der Waals surface area contributed by atoms with Gasteiger partial charge in [0.1, 0.15) is 29.7 Å². The number of carbonyl (C=O) groups excluding carboxylic acids is 4. The lowest BCUT2D eigenvalue weighted by Gasteiger charge is -2.44. The number of carboxylic acid groups (broad SMARTS) is 1. The second-order valence-electron chi connectivity index (χ2n) is 9.51. The van der Waals surface area contributed by atoms with Crippen molar-refractivity contribution >= 4 is 47.6 Å². The summed E-state index contributed by atoms with van der Waals surface area (Å²) in [6, 6.07) is 12.2. The Morgan fingerprint density at radius 1 is 1.11 bits per heavy atom. The van der Waals surface area contributed by atoms with Gasteiger partial charge in [-0.05, 0) is 38.5 Å². The molecule has 0 bridgehead atoms. The van der Waals surface area contributed by atoms with E-state index in [0.29, 0.717) is 11.1 Å². The minimum absolute atomic E-state index is 0.376. The van der Waals surface area contributed by atoms with E-state index in [1.807, 2.05) is 13.0 Å². The van der Waals surface area contributed by atoms with Gasteiger partial charge in [0.2, 0.25) is 11.8 Å². The van der Waals surface area contributed by atoms with Crippen molar-refractivity contribution in [1.82, 2.24) is 21.0 Å². The zero-order chi connectivity index (χ0) is 27.6. The Morgan fingerprint density at radius 2 is 1.82 bits per heavy atom. The second kappa shape index (κ2) is 10.7. The van der Waals surface area contributed by atoms with Crippen molar-refractivity contribution in [2.24, 2.45) is 5.10 Å². The summed E-state index contributed by atoms with van der Waals surface area (Å²) in [6.07, 6.45) is 0.847. The fraction of sp³-hybridized carbons (Fsp3) is 0.308. The third-order valence-electron chi connectivity index (χ3n) is 6.28. The number of amides is 4. The van der Waals surface area contributed by atoms with Crippen molar-refractivity contribution in [2.75, 3.05) is 0 Å². The molecule has 0 spiro atoms. The van der Waals surface area contributed by atoms with E-state index in [2.05, 4.69) is 21.2 Å². The molecule has 0 aliphatic carbocycles. The zero-order valence-corrected chi connectivity index (χ0v) is 21.7. The Hall–Kier alpha value is -4.19. The summed E-state index contributed by atoms with van der Waals surface area (Å²) in [5, 5.41) is 18.0. The maximum Gasteiger partial charge on any atom is 0.327 e. The molecule has 0 saturated carbocycles. The number of thioether (sulfide) groups is 1. The molecular formula is C26H27N5O6S. The maximum absolute atomic E-state index is 13.3. The first kappa shape index (κ1) is 26.9. The molecule has 2 fully saturated rings. The molecule has 12 heteroatoms. The molecule has 4 N–H and O–H groups in total. The van der Waals surface area contributed by atoms with Gasteiger partial charge in [-0.2, -0.15) is 5.10 Å². The topological polar surface area (TPSA) is 157 Å². The average molecular weight is 538 g/mol. The SMILES string of the molecule is Cc1cccc(C(=O)N/N=C/C(=O)NC(C(=O)NC2C(=O)N3[C@@H]2SC(C)(C)[C@@H]3C(=O)O)c2ccccc2)c1. The monoisotopic (exact) mass is 537 g/mol. The molecule has 2 aromatic rings. The number of hydrazone groups is 1. The van der Waals surface area contributed by atoms with Gasteiger partial charge in [-0.1, -0.05) is 48.0 Å². The van der Waals surface area contributed by atoms with Crippen LogP contribution in [0.4, 0.5) is 0 Å². The Labute approximate surface area is 223 Å². The van der Waals surface area contributed by atoms with E-state index < -0.39 is 57.8 Å². The van der Waals surface area contributed by atoms with Crippen LogP contribution in [-0.4, -0.2) is 68.0 Å². The van der Waals surface area contributed by atoms with Gasteiger partial charge in [-0.15, -0.1) is 11.8 Å². The zero-order valence-electron chi connectivity index (χ0n) is 20.9. The molecule has 38 heavy (non-hydrogen) atoms.